The first-order valence-corrected chi connectivity index (χ1v) is 12.1. The molecule has 3 aromatic rings. The third-order valence-electron chi connectivity index (χ3n) is 4.85. The Labute approximate surface area is 183 Å². The molecule has 0 spiro atoms. The second-order valence-corrected chi connectivity index (χ2v) is 10.4. The molecule has 154 valence electrons. The number of nitrogens with zero attached hydrogens (tertiary/aromatic N) is 3. The summed E-state index contributed by atoms with van der Waals surface area (Å²) in [5, 5.41) is 2.26. The number of sulfonamides is 1. The molecular formula is C19H19Cl2N3O3S2. The van der Waals surface area contributed by atoms with E-state index in [1.807, 2.05) is 24.4 Å². The van der Waals surface area contributed by atoms with Crippen LogP contribution in [0.1, 0.15) is 11.5 Å². The number of hydrogen-bond donors (Lipinski definition) is 0. The molecule has 0 bridgehead atoms. The summed E-state index contributed by atoms with van der Waals surface area (Å²) in [5.41, 5.74) is 0.874. The first-order valence-electron chi connectivity index (χ1n) is 9.03. The molecular weight excluding hydrogens is 453 g/mol. The predicted octanol–water partition coefficient (Wildman–Crippen LogP) is 4.52. The van der Waals surface area contributed by atoms with E-state index < -0.39 is 10.0 Å². The van der Waals surface area contributed by atoms with E-state index in [0.29, 0.717) is 38.6 Å². The molecule has 0 radical (unpaired) electrons. The molecule has 1 aliphatic heterocycles. The summed E-state index contributed by atoms with van der Waals surface area (Å²) in [4.78, 5) is 7.76. The van der Waals surface area contributed by atoms with Gasteiger partial charge in [-0.3, -0.25) is 4.90 Å². The van der Waals surface area contributed by atoms with Gasteiger partial charge in [-0.05, 0) is 30.5 Å². The first-order chi connectivity index (χ1) is 13.9. The van der Waals surface area contributed by atoms with E-state index in [0.717, 1.165) is 16.3 Å². The third kappa shape index (κ3) is 4.23. The quantitative estimate of drug-likeness (QED) is 0.546. The monoisotopic (exact) mass is 471 g/mol. The highest BCUT2D eigenvalue weighted by Crippen LogP contribution is 2.32. The summed E-state index contributed by atoms with van der Waals surface area (Å²) in [6, 6.07) is 8.64. The van der Waals surface area contributed by atoms with Gasteiger partial charge in [-0.25, -0.2) is 13.4 Å². The standard InChI is InChI=1S/C19H19Cl2N3O3S2/c1-13-16(22-19(27-13)17-6-3-11-28-17)12-23-7-9-24(10-8-23)29(25,26)18-14(20)4-2-5-15(18)21/h2-6,11H,7-10,12H2,1H3. The molecule has 0 atom stereocenters. The van der Waals surface area contributed by atoms with Crippen molar-refractivity contribution in [2.75, 3.05) is 26.2 Å². The van der Waals surface area contributed by atoms with Gasteiger partial charge in [0.15, 0.2) is 0 Å². The summed E-state index contributed by atoms with van der Waals surface area (Å²) in [5.74, 6) is 1.41. The average molecular weight is 472 g/mol. The van der Waals surface area contributed by atoms with Gasteiger partial charge < -0.3 is 4.42 Å². The molecule has 1 fully saturated rings. The minimum absolute atomic E-state index is 0.0234. The van der Waals surface area contributed by atoms with Crippen molar-refractivity contribution in [2.24, 2.45) is 0 Å². The lowest BCUT2D eigenvalue weighted by atomic mass is 10.3. The second-order valence-electron chi connectivity index (χ2n) is 6.73. The molecule has 0 N–H and O–H groups in total. The van der Waals surface area contributed by atoms with Crippen LogP contribution in [0, 0.1) is 6.92 Å². The van der Waals surface area contributed by atoms with E-state index in [1.54, 1.807) is 17.4 Å². The lowest BCUT2D eigenvalue weighted by molar-refractivity contribution is 0.179. The summed E-state index contributed by atoms with van der Waals surface area (Å²) in [6.45, 7) is 4.40. The highest BCUT2D eigenvalue weighted by molar-refractivity contribution is 7.89. The Balaban J connectivity index is 1.44. The lowest BCUT2D eigenvalue weighted by Gasteiger charge is -2.33. The number of thiophene rings is 1. The summed E-state index contributed by atoms with van der Waals surface area (Å²) in [6.07, 6.45) is 0. The summed E-state index contributed by atoms with van der Waals surface area (Å²) < 4.78 is 33.2. The van der Waals surface area contributed by atoms with Crippen molar-refractivity contribution in [3.05, 3.63) is 57.2 Å². The Kier molecular flexibility index (Phi) is 6.02. The fraction of sp³-hybridized carbons (Fsp3) is 0.316. The number of aryl methyl sites for hydroxylation is 1. The van der Waals surface area contributed by atoms with Crippen molar-refractivity contribution < 1.29 is 12.8 Å². The van der Waals surface area contributed by atoms with Crippen LogP contribution in [0.15, 0.2) is 45.0 Å². The Hall–Kier alpha value is -1.42. The van der Waals surface area contributed by atoms with Crippen molar-refractivity contribution in [1.29, 1.82) is 0 Å². The van der Waals surface area contributed by atoms with E-state index in [-0.39, 0.29) is 14.9 Å². The maximum absolute atomic E-state index is 13.0. The topological polar surface area (TPSA) is 66.7 Å². The number of halogens is 2. The molecule has 6 nitrogen and oxygen atoms in total. The van der Waals surface area contributed by atoms with Crippen LogP contribution in [0.5, 0.6) is 0 Å². The Morgan fingerprint density at radius 2 is 1.79 bits per heavy atom. The van der Waals surface area contributed by atoms with Crippen molar-refractivity contribution in [3.8, 4) is 10.8 Å². The summed E-state index contributed by atoms with van der Waals surface area (Å²) >= 11 is 13.8. The number of piperazine rings is 1. The minimum Gasteiger partial charge on any atom is -0.440 e. The SMILES string of the molecule is Cc1oc(-c2cccs2)nc1CN1CCN(S(=O)(=O)c2c(Cl)cccc2Cl)CC1. The third-order valence-corrected chi connectivity index (χ3v) is 8.56. The molecule has 2 aromatic heterocycles. The van der Waals surface area contributed by atoms with Gasteiger partial charge in [-0.2, -0.15) is 4.31 Å². The van der Waals surface area contributed by atoms with Gasteiger partial charge in [0.1, 0.15) is 10.7 Å². The van der Waals surface area contributed by atoms with Gasteiger partial charge in [-0.15, -0.1) is 11.3 Å². The molecule has 4 rings (SSSR count). The zero-order chi connectivity index (χ0) is 20.6. The van der Waals surface area contributed by atoms with Crippen LogP contribution < -0.4 is 0 Å². The van der Waals surface area contributed by atoms with Gasteiger partial charge in [-0.1, -0.05) is 35.3 Å². The van der Waals surface area contributed by atoms with Crippen LogP contribution in [-0.4, -0.2) is 48.8 Å². The highest BCUT2D eigenvalue weighted by Gasteiger charge is 2.32. The molecule has 1 aliphatic rings. The number of aromatic nitrogens is 1. The Morgan fingerprint density at radius 1 is 1.10 bits per heavy atom. The Morgan fingerprint density at radius 3 is 2.41 bits per heavy atom. The molecule has 0 unspecified atom stereocenters. The van der Waals surface area contributed by atoms with Crippen LogP contribution in [-0.2, 0) is 16.6 Å². The van der Waals surface area contributed by atoms with E-state index in [1.165, 1.54) is 16.4 Å². The van der Waals surface area contributed by atoms with Crippen molar-refractivity contribution in [1.82, 2.24) is 14.2 Å². The molecule has 0 aliphatic carbocycles. The number of benzene rings is 1. The Bertz CT molecular complexity index is 1090. The van der Waals surface area contributed by atoms with Crippen molar-refractivity contribution >= 4 is 44.6 Å². The van der Waals surface area contributed by atoms with Crippen molar-refractivity contribution in [3.63, 3.8) is 0 Å². The van der Waals surface area contributed by atoms with E-state index in [2.05, 4.69) is 9.88 Å². The zero-order valence-electron chi connectivity index (χ0n) is 15.6. The predicted molar refractivity (Wildman–Crippen MR) is 115 cm³/mol. The fourth-order valence-corrected chi connectivity index (χ4v) is 6.44. The van der Waals surface area contributed by atoms with Crippen LogP contribution in [0.2, 0.25) is 10.0 Å². The largest absolute Gasteiger partial charge is 0.440 e. The fourth-order valence-electron chi connectivity index (χ4n) is 3.28. The molecule has 29 heavy (non-hydrogen) atoms. The minimum atomic E-state index is -3.74. The van der Waals surface area contributed by atoms with E-state index in [9.17, 15) is 8.42 Å². The lowest BCUT2D eigenvalue weighted by Crippen LogP contribution is -2.48. The van der Waals surface area contributed by atoms with Gasteiger partial charge in [0.05, 0.1) is 20.6 Å². The van der Waals surface area contributed by atoms with Gasteiger partial charge >= 0.3 is 0 Å². The molecule has 3 heterocycles. The van der Waals surface area contributed by atoms with Crippen LogP contribution in [0.3, 0.4) is 0 Å². The molecule has 1 saturated heterocycles. The highest BCUT2D eigenvalue weighted by atomic mass is 35.5. The summed E-state index contributed by atoms with van der Waals surface area (Å²) in [7, 11) is -3.74. The van der Waals surface area contributed by atoms with E-state index >= 15 is 0 Å². The number of hydrogen-bond acceptors (Lipinski definition) is 6. The molecule has 0 saturated carbocycles. The molecule has 0 amide bonds. The zero-order valence-corrected chi connectivity index (χ0v) is 18.8. The van der Waals surface area contributed by atoms with Gasteiger partial charge in [0.2, 0.25) is 15.9 Å². The van der Waals surface area contributed by atoms with Crippen LogP contribution in [0.4, 0.5) is 0 Å². The maximum atomic E-state index is 13.0. The van der Waals surface area contributed by atoms with Crippen LogP contribution in [0.25, 0.3) is 10.8 Å². The smallest absolute Gasteiger partial charge is 0.246 e. The van der Waals surface area contributed by atoms with E-state index in [4.69, 9.17) is 27.6 Å². The molecule has 10 heteroatoms. The number of rotatable bonds is 5. The van der Waals surface area contributed by atoms with Crippen LogP contribution >= 0.6 is 34.5 Å². The first kappa shape index (κ1) is 20.8. The normalized spacial score (nSPS) is 16.4. The second kappa shape index (κ2) is 8.37. The van der Waals surface area contributed by atoms with Crippen molar-refractivity contribution in [2.45, 2.75) is 18.4 Å². The van der Waals surface area contributed by atoms with Gasteiger partial charge in [0, 0.05) is 32.7 Å². The average Bonchev–Trinajstić information content (AvgIpc) is 3.32. The maximum Gasteiger partial charge on any atom is 0.246 e. The molecule has 1 aromatic carbocycles. The number of oxazole rings is 1. The van der Waals surface area contributed by atoms with Gasteiger partial charge in [0.25, 0.3) is 0 Å².